The zero-order chi connectivity index (χ0) is 19.6. The zero-order valence-corrected chi connectivity index (χ0v) is 15.2. The Morgan fingerprint density at radius 2 is 1.76 bits per heavy atom. The lowest BCUT2D eigenvalue weighted by Crippen LogP contribution is -2.09. The number of para-hydroxylation sites is 1. The Labute approximate surface area is 166 Å². The molecule has 0 fully saturated rings. The molecule has 3 heterocycles. The van der Waals surface area contributed by atoms with Crippen LogP contribution < -0.4 is 21.2 Å². The van der Waals surface area contributed by atoms with Crippen molar-refractivity contribution in [1.82, 2.24) is 20.6 Å². The van der Waals surface area contributed by atoms with Gasteiger partial charge in [-0.1, -0.05) is 18.2 Å². The van der Waals surface area contributed by atoms with E-state index < -0.39 is 0 Å². The second-order valence-corrected chi connectivity index (χ2v) is 6.37. The van der Waals surface area contributed by atoms with Gasteiger partial charge in [0.1, 0.15) is 17.3 Å². The Kier molecular flexibility index (Phi) is 4.06. The average Bonchev–Trinajstić information content (AvgIpc) is 3.39. The van der Waals surface area contributed by atoms with Crippen LogP contribution in [0.15, 0.2) is 78.0 Å². The number of aromatic amines is 1. The van der Waals surface area contributed by atoms with Crippen molar-refractivity contribution in [3.63, 3.8) is 0 Å². The van der Waals surface area contributed by atoms with E-state index in [1.165, 1.54) is 0 Å². The number of nitrogen functional groups attached to an aromatic ring is 1. The number of amidine groups is 1. The van der Waals surface area contributed by atoms with Gasteiger partial charge in [0.05, 0.1) is 22.8 Å². The van der Waals surface area contributed by atoms with E-state index in [0.29, 0.717) is 23.2 Å². The largest absolute Gasteiger partial charge is 0.457 e. The van der Waals surface area contributed by atoms with Gasteiger partial charge in [-0.3, -0.25) is 5.10 Å². The van der Waals surface area contributed by atoms with Crippen LogP contribution in [0.5, 0.6) is 11.5 Å². The van der Waals surface area contributed by atoms with Gasteiger partial charge in [-0.25, -0.2) is 4.98 Å². The van der Waals surface area contributed by atoms with Crippen molar-refractivity contribution in [3.8, 4) is 22.8 Å². The van der Waals surface area contributed by atoms with Gasteiger partial charge in [-0.15, -0.1) is 5.10 Å². The Bertz CT molecular complexity index is 1230. The Balaban J connectivity index is 1.51. The number of H-pyrrole nitrogens is 1. The lowest BCUT2D eigenvalue weighted by molar-refractivity contribution is 0.483. The molecule has 0 bridgehead atoms. The highest BCUT2D eigenvalue weighted by molar-refractivity contribution is 6.06. The molecule has 1 aliphatic heterocycles. The van der Waals surface area contributed by atoms with Gasteiger partial charge < -0.3 is 15.8 Å². The number of nitrogens with zero attached hydrogens (tertiary/aromatic N) is 4. The SMILES string of the molecule is Nc1n[nH]c2cc(NC3=N[N]C=C3)nc(-c3ccc(Oc4ccccc4)cc3)c12. The van der Waals surface area contributed by atoms with Crippen LogP contribution in [0.1, 0.15) is 0 Å². The number of nitrogens with two attached hydrogens (primary N) is 1. The maximum Gasteiger partial charge on any atom is 0.155 e. The fourth-order valence-corrected chi connectivity index (χ4v) is 3.08. The van der Waals surface area contributed by atoms with Crippen LogP contribution >= 0.6 is 0 Å². The molecule has 8 nitrogen and oxygen atoms in total. The van der Waals surface area contributed by atoms with Crippen molar-refractivity contribution in [2.75, 3.05) is 11.1 Å². The number of fused-ring (bicyclic) bond motifs is 1. The standard InChI is InChI=1S/C21H16N7O/c22-21-19-16(26-28-21)12-18(24-17-10-11-23-27-17)25-20(19)13-6-8-15(9-7-13)29-14-4-2-1-3-5-14/h1-12H,(H3,22,26,28)(H,24,25,27). The van der Waals surface area contributed by atoms with Crippen LogP contribution in [-0.2, 0) is 0 Å². The molecule has 0 spiro atoms. The number of benzene rings is 2. The minimum absolute atomic E-state index is 0.395. The summed E-state index contributed by atoms with van der Waals surface area (Å²) >= 11 is 0. The third-order valence-corrected chi connectivity index (χ3v) is 4.40. The average molecular weight is 382 g/mol. The van der Waals surface area contributed by atoms with Crippen LogP contribution in [0, 0.1) is 0 Å². The van der Waals surface area contributed by atoms with Gasteiger partial charge in [-0.05, 0) is 36.4 Å². The van der Waals surface area contributed by atoms with E-state index in [0.717, 1.165) is 28.0 Å². The molecule has 141 valence electrons. The van der Waals surface area contributed by atoms with Crippen molar-refractivity contribution >= 4 is 28.4 Å². The molecule has 0 aliphatic carbocycles. The van der Waals surface area contributed by atoms with E-state index in [1.54, 1.807) is 12.3 Å². The number of pyridine rings is 1. The molecule has 4 aromatic rings. The van der Waals surface area contributed by atoms with E-state index in [2.05, 4.69) is 26.0 Å². The molecule has 0 amide bonds. The van der Waals surface area contributed by atoms with Gasteiger partial charge in [-0.2, -0.15) is 10.5 Å². The van der Waals surface area contributed by atoms with Crippen molar-refractivity contribution < 1.29 is 4.74 Å². The molecular formula is C21H16N7O. The second kappa shape index (κ2) is 7.01. The zero-order valence-electron chi connectivity index (χ0n) is 15.2. The van der Waals surface area contributed by atoms with Crippen LogP contribution in [-0.4, -0.2) is 21.0 Å². The molecule has 5 rings (SSSR count). The first-order chi connectivity index (χ1) is 14.3. The minimum atomic E-state index is 0.395. The smallest absolute Gasteiger partial charge is 0.155 e. The highest BCUT2D eigenvalue weighted by Crippen LogP contribution is 2.33. The summed E-state index contributed by atoms with van der Waals surface area (Å²) in [5, 5.41) is 15.0. The van der Waals surface area contributed by atoms with Crippen molar-refractivity contribution in [3.05, 3.63) is 72.9 Å². The molecule has 0 saturated carbocycles. The number of ether oxygens (including phenoxy) is 1. The molecule has 8 heteroatoms. The fraction of sp³-hybridized carbons (Fsp3) is 0. The molecule has 0 atom stereocenters. The van der Waals surface area contributed by atoms with E-state index >= 15 is 0 Å². The number of hydrogen-bond donors (Lipinski definition) is 3. The number of rotatable bonds is 4. The lowest BCUT2D eigenvalue weighted by Gasteiger charge is -2.10. The van der Waals surface area contributed by atoms with Gasteiger partial charge >= 0.3 is 0 Å². The highest BCUT2D eigenvalue weighted by atomic mass is 16.5. The van der Waals surface area contributed by atoms with Crippen molar-refractivity contribution in [2.24, 2.45) is 5.10 Å². The molecule has 4 N–H and O–H groups in total. The summed E-state index contributed by atoms with van der Waals surface area (Å²) in [6, 6.07) is 19.2. The summed E-state index contributed by atoms with van der Waals surface area (Å²) in [7, 11) is 0. The molecule has 1 radical (unpaired) electrons. The summed E-state index contributed by atoms with van der Waals surface area (Å²) < 4.78 is 5.87. The number of aromatic nitrogens is 3. The normalized spacial score (nSPS) is 12.6. The lowest BCUT2D eigenvalue weighted by atomic mass is 10.1. The monoisotopic (exact) mass is 382 g/mol. The molecular weight excluding hydrogens is 366 g/mol. The Morgan fingerprint density at radius 1 is 0.966 bits per heavy atom. The molecule has 2 aromatic carbocycles. The summed E-state index contributed by atoms with van der Waals surface area (Å²) in [6.07, 6.45) is 3.38. The van der Waals surface area contributed by atoms with E-state index in [9.17, 15) is 0 Å². The predicted octanol–water partition coefficient (Wildman–Crippen LogP) is 3.86. The summed E-state index contributed by atoms with van der Waals surface area (Å²) in [6.45, 7) is 0. The predicted molar refractivity (Wildman–Crippen MR) is 113 cm³/mol. The summed E-state index contributed by atoms with van der Waals surface area (Å²) in [5.74, 6) is 3.13. The summed E-state index contributed by atoms with van der Waals surface area (Å²) in [5.41, 5.74) is 12.3. The second-order valence-electron chi connectivity index (χ2n) is 6.37. The van der Waals surface area contributed by atoms with Crippen LogP contribution in [0.25, 0.3) is 22.2 Å². The quantitative estimate of drug-likeness (QED) is 0.496. The van der Waals surface area contributed by atoms with Gasteiger partial charge in [0, 0.05) is 17.7 Å². The number of nitrogens with one attached hydrogen (secondary N) is 2. The summed E-state index contributed by atoms with van der Waals surface area (Å²) in [4.78, 5) is 4.73. The first-order valence-electron chi connectivity index (χ1n) is 8.95. The third-order valence-electron chi connectivity index (χ3n) is 4.40. The first-order valence-corrected chi connectivity index (χ1v) is 8.95. The molecule has 29 heavy (non-hydrogen) atoms. The molecule has 0 saturated heterocycles. The molecule has 0 unspecified atom stereocenters. The fourth-order valence-electron chi connectivity index (χ4n) is 3.08. The Morgan fingerprint density at radius 3 is 2.52 bits per heavy atom. The maximum absolute atomic E-state index is 6.08. The van der Waals surface area contributed by atoms with Crippen LogP contribution in [0.2, 0.25) is 0 Å². The van der Waals surface area contributed by atoms with E-state index in [1.807, 2.05) is 60.7 Å². The third kappa shape index (κ3) is 3.34. The highest BCUT2D eigenvalue weighted by Gasteiger charge is 2.15. The number of anilines is 2. The maximum atomic E-state index is 6.08. The van der Waals surface area contributed by atoms with Crippen molar-refractivity contribution in [2.45, 2.75) is 0 Å². The molecule has 1 aliphatic rings. The van der Waals surface area contributed by atoms with E-state index in [-0.39, 0.29) is 0 Å². The Hall–Kier alpha value is -4.33. The van der Waals surface area contributed by atoms with Gasteiger partial charge in [0.15, 0.2) is 11.7 Å². The van der Waals surface area contributed by atoms with Gasteiger partial charge in [0.25, 0.3) is 0 Å². The van der Waals surface area contributed by atoms with Crippen molar-refractivity contribution in [1.29, 1.82) is 0 Å². The first kappa shape index (κ1) is 16.8. The van der Waals surface area contributed by atoms with Gasteiger partial charge in [0.2, 0.25) is 0 Å². The van der Waals surface area contributed by atoms with Crippen LogP contribution in [0.3, 0.4) is 0 Å². The minimum Gasteiger partial charge on any atom is -0.457 e. The van der Waals surface area contributed by atoms with Crippen LogP contribution in [0.4, 0.5) is 11.6 Å². The van der Waals surface area contributed by atoms with E-state index in [4.69, 9.17) is 15.5 Å². The topological polar surface area (TPSA) is 115 Å². The molecule has 2 aromatic heterocycles. The number of hydrogen-bond acceptors (Lipinski definition) is 6.